The number of rotatable bonds is 6. The number of nitrogens with two attached hydrogens (primary N) is 1. The number of hydrogen-bond acceptors (Lipinski definition) is 5. The zero-order valence-electron chi connectivity index (χ0n) is 18.3. The number of imidazole rings is 1. The van der Waals surface area contributed by atoms with Crippen LogP contribution in [-0.2, 0) is 29.0 Å². The van der Waals surface area contributed by atoms with Crippen LogP contribution in [0, 0.1) is 5.41 Å². The highest BCUT2D eigenvalue weighted by molar-refractivity contribution is 5.92. The summed E-state index contributed by atoms with van der Waals surface area (Å²) in [4.78, 5) is 28.9. The summed E-state index contributed by atoms with van der Waals surface area (Å²) in [6, 6.07) is 0. The van der Waals surface area contributed by atoms with E-state index in [1.54, 1.807) is 14.2 Å². The molecule has 0 saturated carbocycles. The molecular weight excluding hydrogens is 358 g/mol. The van der Waals surface area contributed by atoms with Crippen LogP contribution in [0.3, 0.4) is 0 Å². The minimum atomic E-state index is -0.433. The van der Waals surface area contributed by atoms with Gasteiger partial charge in [-0.05, 0) is 31.8 Å². The van der Waals surface area contributed by atoms with Gasteiger partial charge in [0.1, 0.15) is 5.82 Å². The number of carbonyl (C=O) groups is 2. The Morgan fingerprint density at radius 2 is 1.96 bits per heavy atom. The molecule has 8 heteroatoms. The second-order valence-electron chi connectivity index (χ2n) is 8.44. The van der Waals surface area contributed by atoms with Crippen LogP contribution < -0.4 is 11.1 Å². The van der Waals surface area contributed by atoms with Gasteiger partial charge in [-0.2, -0.15) is 0 Å². The number of nitrogens with one attached hydrogen (secondary N) is 1. The Morgan fingerprint density at radius 1 is 1.29 bits per heavy atom. The topological polar surface area (TPSA) is 102 Å². The molecule has 28 heavy (non-hydrogen) atoms. The average molecular weight is 396 g/mol. The third-order valence-electron chi connectivity index (χ3n) is 4.44. The van der Waals surface area contributed by atoms with E-state index in [-0.39, 0.29) is 11.3 Å². The fourth-order valence-corrected chi connectivity index (χ4v) is 3.13. The van der Waals surface area contributed by atoms with Crippen LogP contribution in [0.4, 0.5) is 0 Å². The number of primary amides is 1. The van der Waals surface area contributed by atoms with E-state index in [0.29, 0.717) is 18.7 Å². The number of aromatic nitrogens is 2. The molecule has 2 rings (SSSR count). The summed E-state index contributed by atoms with van der Waals surface area (Å²) < 4.78 is 7.23. The van der Waals surface area contributed by atoms with Crippen LogP contribution in [0.15, 0.2) is 0 Å². The van der Waals surface area contributed by atoms with Gasteiger partial charge in [0, 0.05) is 46.7 Å². The first-order chi connectivity index (χ1) is 13.1. The monoisotopic (exact) mass is 395 g/mol. The minimum absolute atomic E-state index is 0.111. The lowest BCUT2D eigenvalue weighted by molar-refractivity contribution is -0.122. The van der Waals surface area contributed by atoms with Gasteiger partial charge in [0.05, 0.1) is 5.69 Å². The van der Waals surface area contributed by atoms with E-state index in [1.165, 1.54) is 0 Å². The zero-order chi connectivity index (χ0) is 21.3. The van der Waals surface area contributed by atoms with Crippen molar-refractivity contribution in [3.63, 3.8) is 0 Å². The van der Waals surface area contributed by atoms with Crippen LogP contribution in [0.25, 0.3) is 0 Å². The van der Waals surface area contributed by atoms with Crippen LogP contribution in [0.5, 0.6) is 0 Å². The Kier molecular flexibility index (Phi) is 9.61. The summed E-state index contributed by atoms with van der Waals surface area (Å²) >= 11 is 0. The lowest BCUT2D eigenvalue weighted by Gasteiger charge is -2.15. The third kappa shape index (κ3) is 7.98. The Labute approximate surface area is 168 Å². The van der Waals surface area contributed by atoms with Gasteiger partial charge < -0.3 is 25.3 Å². The largest absolute Gasteiger partial charge is 0.385 e. The molecule has 0 saturated heterocycles. The van der Waals surface area contributed by atoms with Gasteiger partial charge in [0.25, 0.3) is 5.91 Å². The molecular formula is C20H37N5O3. The Morgan fingerprint density at radius 3 is 2.46 bits per heavy atom. The molecule has 2 amide bonds. The van der Waals surface area contributed by atoms with Crippen molar-refractivity contribution in [1.29, 1.82) is 0 Å². The Bertz CT molecular complexity index is 649. The van der Waals surface area contributed by atoms with E-state index < -0.39 is 5.91 Å². The van der Waals surface area contributed by atoms with Crippen molar-refractivity contribution in [1.82, 2.24) is 19.8 Å². The molecule has 3 N–H and O–H groups in total. The summed E-state index contributed by atoms with van der Waals surface area (Å²) in [5, 5.41) is 2.58. The number of nitrogens with zero attached hydrogens (tertiary/aromatic N) is 3. The van der Waals surface area contributed by atoms with Crippen molar-refractivity contribution in [3.8, 4) is 0 Å². The highest BCUT2D eigenvalue weighted by atomic mass is 16.5. The zero-order valence-corrected chi connectivity index (χ0v) is 18.3. The van der Waals surface area contributed by atoms with Gasteiger partial charge in [-0.1, -0.05) is 20.8 Å². The SMILES string of the molecule is CNC(=O)CC(C)(C)C.COCCCc1nc(C(N)=O)c2n1CCCN(C)C2. The van der Waals surface area contributed by atoms with Crippen molar-refractivity contribution in [3.05, 3.63) is 17.2 Å². The molecule has 0 spiro atoms. The molecule has 160 valence electrons. The Balaban J connectivity index is 0.000000370. The van der Waals surface area contributed by atoms with Gasteiger partial charge in [-0.3, -0.25) is 9.59 Å². The van der Waals surface area contributed by atoms with Gasteiger partial charge in [0.15, 0.2) is 5.69 Å². The summed E-state index contributed by atoms with van der Waals surface area (Å²) in [5.74, 6) is 0.635. The lowest BCUT2D eigenvalue weighted by Crippen LogP contribution is -2.23. The fraction of sp³-hybridized carbons (Fsp3) is 0.750. The smallest absolute Gasteiger partial charge is 0.269 e. The molecule has 1 aromatic rings. The molecule has 1 aliphatic heterocycles. The number of fused-ring (bicyclic) bond motifs is 1. The van der Waals surface area contributed by atoms with Crippen molar-refractivity contribution >= 4 is 11.8 Å². The standard InChI is InChI=1S/C13H22N4O2.C7H15NO/c1-16-6-4-7-17-10(9-16)12(13(14)18)15-11(17)5-3-8-19-2;1-7(2,3)5-6(9)8-4/h3-9H2,1-2H3,(H2,14,18);5H2,1-4H3,(H,8,9). The molecule has 8 nitrogen and oxygen atoms in total. The fourth-order valence-electron chi connectivity index (χ4n) is 3.13. The van der Waals surface area contributed by atoms with Gasteiger partial charge in [-0.25, -0.2) is 4.98 Å². The van der Waals surface area contributed by atoms with Gasteiger partial charge in [0.2, 0.25) is 5.91 Å². The van der Waals surface area contributed by atoms with E-state index in [1.807, 2.05) is 20.8 Å². The maximum Gasteiger partial charge on any atom is 0.269 e. The second kappa shape index (κ2) is 11.2. The van der Waals surface area contributed by atoms with Crippen molar-refractivity contribution in [2.75, 3.05) is 34.4 Å². The third-order valence-corrected chi connectivity index (χ3v) is 4.44. The number of hydrogen-bond donors (Lipinski definition) is 2. The number of carbonyl (C=O) groups excluding carboxylic acids is 2. The van der Waals surface area contributed by atoms with E-state index >= 15 is 0 Å². The molecule has 1 aromatic heterocycles. The van der Waals surface area contributed by atoms with E-state index in [2.05, 4.69) is 26.8 Å². The molecule has 0 atom stereocenters. The van der Waals surface area contributed by atoms with E-state index in [4.69, 9.17) is 10.5 Å². The minimum Gasteiger partial charge on any atom is -0.385 e. The highest BCUT2D eigenvalue weighted by Crippen LogP contribution is 2.19. The first-order valence-corrected chi connectivity index (χ1v) is 9.85. The molecule has 0 aliphatic carbocycles. The summed E-state index contributed by atoms with van der Waals surface area (Å²) in [7, 11) is 5.40. The molecule has 0 unspecified atom stereocenters. The number of aryl methyl sites for hydroxylation is 1. The predicted molar refractivity (Wildman–Crippen MR) is 110 cm³/mol. The lowest BCUT2D eigenvalue weighted by atomic mass is 9.92. The quantitative estimate of drug-likeness (QED) is 0.712. The molecule has 0 fully saturated rings. The predicted octanol–water partition coefficient (Wildman–Crippen LogP) is 1.57. The molecule has 0 aromatic carbocycles. The molecule has 0 radical (unpaired) electrons. The number of methoxy groups -OCH3 is 1. The van der Waals surface area contributed by atoms with Crippen molar-refractivity contribution < 1.29 is 14.3 Å². The molecule has 2 heterocycles. The number of amides is 2. The normalized spacial score (nSPS) is 14.5. The van der Waals surface area contributed by atoms with Crippen molar-refractivity contribution in [2.24, 2.45) is 11.1 Å². The van der Waals surface area contributed by atoms with Crippen LogP contribution >= 0.6 is 0 Å². The van der Waals surface area contributed by atoms with Crippen LogP contribution in [-0.4, -0.2) is 60.6 Å². The van der Waals surface area contributed by atoms with Gasteiger partial charge in [-0.15, -0.1) is 0 Å². The summed E-state index contributed by atoms with van der Waals surface area (Å²) in [6.45, 7) is 9.50. The van der Waals surface area contributed by atoms with Crippen LogP contribution in [0.1, 0.15) is 62.0 Å². The number of ether oxygens (including phenoxy) is 1. The van der Waals surface area contributed by atoms with E-state index in [9.17, 15) is 9.59 Å². The van der Waals surface area contributed by atoms with Crippen molar-refractivity contribution in [2.45, 2.75) is 59.5 Å². The first kappa shape index (κ1) is 24.1. The maximum atomic E-state index is 11.5. The Hall–Kier alpha value is -1.93. The van der Waals surface area contributed by atoms with E-state index in [0.717, 1.165) is 50.4 Å². The van der Waals surface area contributed by atoms with Gasteiger partial charge >= 0.3 is 0 Å². The summed E-state index contributed by atoms with van der Waals surface area (Å²) in [5.41, 5.74) is 6.95. The highest BCUT2D eigenvalue weighted by Gasteiger charge is 2.23. The molecule has 0 bridgehead atoms. The van der Waals surface area contributed by atoms with Crippen LogP contribution in [0.2, 0.25) is 0 Å². The maximum absolute atomic E-state index is 11.5. The second-order valence-corrected chi connectivity index (χ2v) is 8.44. The average Bonchev–Trinajstić information content (AvgIpc) is 2.80. The first-order valence-electron chi connectivity index (χ1n) is 9.85. The summed E-state index contributed by atoms with van der Waals surface area (Å²) in [6.07, 6.45) is 3.39. The molecule has 1 aliphatic rings.